The number of aromatic nitrogens is 5. The van der Waals surface area contributed by atoms with Gasteiger partial charge in [0.25, 0.3) is 0 Å². The van der Waals surface area contributed by atoms with Crippen LogP contribution >= 0.6 is 0 Å². The summed E-state index contributed by atoms with van der Waals surface area (Å²) >= 11 is 0. The van der Waals surface area contributed by atoms with E-state index in [9.17, 15) is 13.2 Å². The highest BCUT2D eigenvalue weighted by Gasteiger charge is 2.26. The molecule has 0 radical (unpaired) electrons. The van der Waals surface area contributed by atoms with Crippen molar-refractivity contribution in [1.82, 2.24) is 29.6 Å². The first kappa shape index (κ1) is 19.0. The molecule has 0 saturated heterocycles. The Labute approximate surface area is 155 Å². The molecular formula is C16H20N6O4S. The van der Waals surface area contributed by atoms with Crippen molar-refractivity contribution in [3.8, 4) is 11.4 Å². The summed E-state index contributed by atoms with van der Waals surface area (Å²) in [6, 6.07) is 2.99. The zero-order valence-corrected chi connectivity index (χ0v) is 16.2. The Balaban J connectivity index is 1.80. The molecule has 0 amide bonds. The Morgan fingerprint density at radius 3 is 2.70 bits per heavy atom. The van der Waals surface area contributed by atoms with E-state index in [1.54, 1.807) is 24.6 Å². The molecule has 27 heavy (non-hydrogen) atoms. The lowest BCUT2D eigenvalue weighted by Crippen LogP contribution is -2.24. The summed E-state index contributed by atoms with van der Waals surface area (Å²) < 4.78 is 34.6. The second-order valence-electron chi connectivity index (χ2n) is 6.32. The van der Waals surface area contributed by atoms with Crippen molar-refractivity contribution in [1.29, 1.82) is 0 Å². The van der Waals surface area contributed by atoms with E-state index < -0.39 is 10.0 Å². The minimum Gasteiger partial charge on any atom is -0.338 e. The van der Waals surface area contributed by atoms with Crippen LogP contribution in [0.3, 0.4) is 0 Å². The standard InChI is InChI=1S/C16H20N6O4S/c1-9(2)22-11(4)15(10(3)20-22)27(24,25)18-8-14-19-16(21-26-14)12-5-6-17-13(23)7-12/h5-7,9,18H,8H2,1-4H3,(H,17,23). The third kappa shape index (κ3) is 3.83. The van der Waals surface area contributed by atoms with Crippen molar-refractivity contribution in [2.24, 2.45) is 0 Å². The van der Waals surface area contributed by atoms with Crippen LogP contribution in [0.25, 0.3) is 11.4 Å². The molecule has 0 aromatic carbocycles. The number of pyridine rings is 1. The van der Waals surface area contributed by atoms with Gasteiger partial charge in [0.2, 0.25) is 27.3 Å². The Morgan fingerprint density at radius 2 is 2.07 bits per heavy atom. The molecule has 3 aromatic heterocycles. The van der Waals surface area contributed by atoms with Gasteiger partial charge in [-0.15, -0.1) is 0 Å². The van der Waals surface area contributed by atoms with E-state index in [0.717, 1.165) is 0 Å². The molecule has 0 spiro atoms. The van der Waals surface area contributed by atoms with Gasteiger partial charge in [-0.3, -0.25) is 9.48 Å². The fraction of sp³-hybridized carbons (Fsp3) is 0.375. The Hall–Kier alpha value is -2.79. The fourth-order valence-electron chi connectivity index (χ4n) is 2.80. The summed E-state index contributed by atoms with van der Waals surface area (Å²) in [5.74, 6) is 0.288. The third-order valence-corrected chi connectivity index (χ3v) is 5.58. The normalized spacial score (nSPS) is 12.0. The Morgan fingerprint density at radius 1 is 1.33 bits per heavy atom. The van der Waals surface area contributed by atoms with Crippen LogP contribution < -0.4 is 10.3 Å². The Bertz CT molecular complexity index is 1130. The molecule has 0 aliphatic rings. The molecule has 3 heterocycles. The number of aromatic amines is 1. The second-order valence-corrected chi connectivity index (χ2v) is 8.02. The second kappa shape index (κ2) is 7.08. The van der Waals surface area contributed by atoms with Gasteiger partial charge in [-0.05, 0) is 33.8 Å². The number of sulfonamides is 1. The van der Waals surface area contributed by atoms with Crippen LogP contribution in [0.4, 0.5) is 0 Å². The van der Waals surface area contributed by atoms with Gasteiger partial charge in [-0.1, -0.05) is 5.16 Å². The van der Waals surface area contributed by atoms with Gasteiger partial charge >= 0.3 is 0 Å². The first-order valence-corrected chi connectivity index (χ1v) is 9.74. The van der Waals surface area contributed by atoms with Gasteiger partial charge in [0.15, 0.2) is 0 Å². The highest BCUT2D eigenvalue weighted by atomic mass is 32.2. The van der Waals surface area contributed by atoms with Gasteiger partial charge in [-0.25, -0.2) is 13.1 Å². The molecule has 3 aromatic rings. The van der Waals surface area contributed by atoms with Crippen molar-refractivity contribution >= 4 is 10.0 Å². The van der Waals surface area contributed by atoms with Crippen molar-refractivity contribution in [3.05, 3.63) is 46.0 Å². The largest absolute Gasteiger partial charge is 0.338 e. The minimum absolute atomic E-state index is 0.0418. The lowest BCUT2D eigenvalue weighted by molar-refractivity contribution is 0.376. The van der Waals surface area contributed by atoms with Crippen LogP contribution in [0, 0.1) is 13.8 Å². The van der Waals surface area contributed by atoms with Crippen LogP contribution in [0.2, 0.25) is 0 Å². The molecule has 0 atom stereocenters. The highest BCUT2D eigenvalue weighted by molar-refractivity contribution is 7.89. The SMILES string of the molecule is Cc1nn(C(C)C)c(C)c1S(=O)(=O)NCc1nc(-c2cc[nH]c(=O)c2)no1. The molecule has 0 unspecified atom stereocenters. The maximum absolute atomic E-state index is 12.7. The van der Waals surface area contributed by atoms with Gasteiger partial charge < -0.3 is 9.51 Å². The molecule has 144 valence electrons. The molecule has 3 rings (SSSR count). The van der Waals surface area contributed by atoms with E-state index in [-0.39, 0.29) is 34.8 Å². The van der Waals surface area contributed by atoms with Crippen molar-refractivity contribution in [2.75, 3.05) is 0 Å². The number of H-pyrrole nitrogens is 1. The first-order valence-electron chi connectivity index (χ1n) is 8.26. The number of rotatable bonds is 6. The van der Waals surface area contributed by atoms with E-state index in [0.29, 0.717) is 17.0 Å². The molecule has 0 saturated carbocycles. The fourth-order valence-corrected chi connectivity index (χ4v) is 4.17. The maximum Gasteiger partial charge on any atom is 0.248 e. The monoisotopic (exact) mass is 392 g/mol. The summed E-state index contributed by atoms with van der Waals surface area (Å²) in [6.07, 6.45) is 1.47. The zero-order chi connectivity index (χ0) is 19.8. The summed E-state index contributed by atoms with van der Waals surface area (Å²) in [4.78, 5) is 18.1. The van der Waals surface area contributed by atoms with Crippen LogP contribution in [0.15, 0.2) is 32.5 Å². The third-order valence-electron chi connectivity index (χ3n) is 3.93. The lowest BCUT2D eigenvalue weighted by atomic mass is 10.2. The molecule has 2 N–H and O–H groups in total. The first-order chi connectivity index (χ1) is 12.7. The zero-order valence-electron chi connectivity index (χ0n) is 15.3. The van der Waals surface area contributed by atoms with Crippen LogP contribution in [-0.2, 0) is 16.6 Å². The summed E-state index contributed by atoms with van der Waals surface area (Å²) in [5.41, 5.74) is 1.15. The van der Waals surface area contributed by atoms with Gasteiger partial charge in [0.1, 0.15) is 4.90 Å². The molecule has 0 aliphatic carbocycles. The molecule has 10 nitrogen and oxygen atoms in total. The highest BCUT2D eigenvalue weighted by Crippen LogP contribution is 2.22. The van der Waals surface area contributed by atoms with Crippen LogP contribution in [0.5, 0.6) is 0 Å². The summed E-state index contributed by atoms with van der Waals surface area (Å²) in [5, 5.41) is 8.07. The van der Waals surface area contributed by atoms with Crippen LogP contribution in [-0.4, -0.2) is 33.3 Å². The number of hydrogen-bond acceptors (Lipinski definition) is 7. The van der Waals surface area contributed by atoms with E-state index in [1.807, 2.05) is 13.8 Å². The Kier molecular flexibility index (Phi) is 4.98. The number of nitrogens with one attached hydrogen (secondary N) is 2. The van der Waals surface area contributed by atoms with Crippen molar-refractivity contribution in [3.63, 3.8) is 0 Å². The van der Waals surface area contributed by atoms with E-state index in [2.05, 4.69) is 24.9 Å². The number of hydrogen-bond donors (Lipinski definition) is 2. The predicted molar refractivity (Wildman–Crippen MR) is 96.5 cm³/mol. The quantitative estimate of drug-likeness (QED) is 0.645. The minimum atomic E-state index is -3.81. The maximum atomic E-state index is 12.7. The molecule has 11 heteroatoms. The molecular weight excluding hydrogens is 372 g/mol. The van der Waals surface area contributed by atoms with E-state index in [1.165, 1.54) is 12.3 Å². The van der Waals surface area contributed by atoms with Gasteiger partial charge in [0, 0.05) is 23.9 Å². The van der Waals surface area contributed by atoms with E-state index in [4.69, 9.17) is 4.52 Å². The number of aryl methyl sites for hydroxylation is 1. The topological polar surface area (TPSA) is 136 Å². The van der Waals surface area contributed by atoms with E-state index >= 15 is 0 Å². The van der Waals surface area contributed by atoms with Gasteiger partial charge in [0.05, 0.1) is 17.9 Å². The van der Waals surface area contributed by atoms with Crippen molar-refractivity contribution in [2.45, 2.75) is 45.2 Å². The molecule has 0 aliphatic heterocycles. The average molecular weight is 392 g/mol. The van der Waals surface area contributed by atoms with Gasteiger partial charge in [-0.2, -0.15) is 10.1 Å². The summed E-state index contributed by atoms with van der Waals surface area (Å²) in [6.45, 7) is 7.05. The average Bonchev–Trinajstić information content (AvgIpc) is 3.18. The lowest BCUT2D eigenvalue weighted by Gasteiger charge is -2.09. The smallest absolute Gasteiger partial charge is 0.248 e. The summed E-state index contributed by atoms with van der Waals surface area (Å²) in [7, 11) is -3.81. The van der Waals surface area contributed by atoms with Crippen LogP contribution in [0.1, 0.15) is 37.2 Å². The number of nitrogens with zero attached hydrogens (tertiary/aromatic N) is 4. The van der Waals surface area contributed by atoms with Crippen molar-refractivity contribution < 1.29 is 12.9 Å². The molecule has 0 fully saturated rings. The predicted octanol–water partition coefficient (Wildman–Crippen LogP) is 1.30. The molecule has 0 bridgehead atoms.